The standard InChI is InChI=1S/C13H19N3/c1-14-7-8-15-10-16-13-6-5-11-3-2-4-12(11)9-13/h5-6,9,15-16H,1-4,7-8,10H2. The molecular weight excluding hydrogens is 198 g/mol. The number of anilines is 1. The van der Waals surface area contributed by atoms with Crippen LogP contribution in [0.2, 0.25) is 0 Å². The molecule has 0 saturated heterocycles. The van der Waals surface area contributed by atoms with Crippen molar-refractivity contribution in [3.05, 3.63) is 29.3 Å². The van der Waals surface area contributed by atoms with Crippen LogP contribution in [0, 0.1) is 0 Å². The fourth-order valence-electron chi connectivity index (χ4n) is 2.09. The Bertz CT molecular complexity index is 360. The third-order valence-corrected chi connectivity index (χ3v) is 2.96. The van der Waals surface area contributed by atoms with Gasteiger partial charge in [-0.05, 0) is 49.2 Å². The molecule has 0 bridgehead atoms. The van der Waals surface area contributed by atoms with Crippen molar-refractivity contribution >= 4 is 12.4 Å². The first kappa shape index (κ1) is 11.1. The maximum Gasteiger partial charge on any atom is 0.0653 e. The van der Waals surface area contributed by atoms with Gasteiger partial charge in [0.2, 0.25) is 0 Å². The number of fused-ring (bicyclic) bond motifs is 1. The first-order chi connectivity index (χ1) is 7.90. The highest BCUT2D eigenvalue weighted by Gasteiger charge is 2.10. The first-order valence-electron chi connectivity index (χ1n) is 5.89. The summed E-state index contributed by atoms with van der Waals surface area (Å²) in [5.74, 6) is 0. The van der Waals surface area contributed by atoms with Gasteiger partial charge in [0, 0.05) is 12.2 Å². The van der Waals surface area contributed by atoms with Crippen LogP contribution < -0.4 is 10.6 Å². The van der Waals surface area contributed by atoms with E-state index in [1.807, 2.05) is 0 Å². The van der Waals surface area contributed by atoms with Crippen molar-refractivity contribution in [1.82, 2.24) is 5.32 Å². The molecule has 3 nitrogen and oxygen atoms in total. The van der Waals surface area contributed by atoms with Crippen molar-refractivity contribution < 1.29 is 0 Å². The van der Waals surface area contributed by atoms with E-state index in [0.717, 1.165) is 19.8 Å². The summed E-state index contributed by atoms with van der Waals surface area (Å²) >= 11 is 0. The van der Waals surface area contributed by atoms with Crippen molar-refractivity contribution in [1.29, 1.82) is 0 Å². The molecule has 3 heteroatoms. The maximum atomic E-state index is 3.79. The van der Waals surface area contributed by atoms with Crippen molar-refractivity contribution in [2.45, 2.75) is 19.3 Å². The van der Waals surface area contributed by atoms with Crippen molar-refractivity contribution in [2.75, 3.05) is 25.1 Å². The average Bonchev–Trinajstić information content (AvgIpc) is 2.76. The monoisotopic (exact) mass is 217 g/mol. The van der Waals surface area contributed by atoms with E-state index in [9.17, 15) is 0 Å². The summed E-state index contributed by atoms with van der Waals surface area (Å²) in [7, 11) is 0. The lowest BCUT2D eigenvalue weighted by Crippen LogP contribution is -2.24. The van der Waals surface area contributed by atoms with Crippen LogP contribution >= 0.6 is 0 Å². The van der Waals surface area contributed by atoms with Crippen LogP contribution in [-0.2, 0) is 12.8 Å². The van der Waals surface area contributed by atoms with Gasteiger partial charge in [-0.3, -0.25) is 10.3 Å². The zero-order valence-corrected chi connectivity index (χ0v) is 9.63. The molecule has 0 unspecified atom stereocenters. The highest BCUT2D eigenvalue weighted by molar-refractivity contribution is 5.49. The average molecular weight is 217 g/mol. The fraction of sp³-hybridized carbons (Fsp3) is 0.462. The molecule has 0 atom stereocenters. The fourth-order valence-corrected chi connectivity index (χ4v) is 2.09. The summed E-state index contributed by atoms with van der Waals surface area (Å²) in [5, 5.41) is 6.62. The molecule has 0 aliphatic heterocycles. The molecule has 0 fully saturated rings. The molecular formula is C13H19N3. The number of aryl methyl sites for hydroxylation is 2. The van der Waals surface area contributed by atoms with Gasteiger partial charge >= 0.3 is 0 Å². The van der Waals surface area contributed by atoms with Gasteiger partial charge < -0.3 is 5.32 Å². The number of benzene rings is 1. The van der Waals surface area contributed by atoms with Gasteiger partial charge in [0.1, 0.15) is 0 Å². The molecule has 0 radical (unpaired) electrons. The van der Waals surface area contributed by atoms with Crippen molar-refractivity contribution in [3.63, 3.8) is 0 Å². The van der Waals surface area contributed by atoms with Crippen LogP contribution in [-0.4, -0.2) is 26.5 Å². The lowest BCUT2D eigenvalue weighted by molar-refractivity contribution is 0.734. The number of hydrogen-bond acceptors (Lipinski definition) is 3. The molecule has 0 amide bonds. The summed E-state index contributed by atoms with van der Waals surface area (Å²) in [5.41, 5.74) is 4.24. The summed E-state index contributed by atoms with van der Waals surface area (Å²) in [6.45, 7) is 5.88. The zero-order chi connectivity index (χ0) is 11.2. The normalized spacial score (nSPS) is 13.5. The summed E-state index contributed by atoms with van der Waals surface area (Å²) < 4.78 is 0. The minimum Gasteiger partial charge on any atom is -0.372 e. The van der Waals surface area contributed by atoms with E-state index in [4.69, 9.17) is 0 Å². The van der Waals surface area contributed by atoms with Crippen LogP contribution in [0.3, 0.4) is 0 Å². The SMILES string of the molecule is C=NCCNCNc1ccc2c(c1)CCC2. The molecule has 0 saturated carbocycles. The Morgan fingerprint density at radius 2 is 2.12 bits per heavy atom. The van der Waals surface area contributed by atoms with Gasteiger partial charge in [0.05, 0.1) is 13.2 Å². The lowest BCUT2D eigenvalue weighted by Gasteiger charge is -2.09. The molecule has 0 aromatic heterocycles. The predicted molar refractivity (Wildman–Crippen MR) is 69.4 cm³/mol. The van der Waals surface area contributed by atoms with Gasteiger partial charge in [0.25, 0.3) is 0 Å². The number of hydrogen-bond donors (Lipinski definition) is 2. The van der Waals surface area contributed by atoms with E-state index in [1.54, 1.807) is 0 Å². The first-order valence-corrected chi connectivity index (χ1v) is 5.89. The molecule has 0 heterocycles. The van der Waals surface area contributed by atoms with Crippen molar-refractivity contribution in [3.8, 4) is 0 Å². The molecule has 1 aliphatic rings. The minimum atomic E-state index is 0.770. The van der Waals surface area contributed by atoms with Crippen molar-refractivity contribution in [2.24, 2.45) is 4.99 Å². The van der Waals surface area contributed by atoms with E-state index >= 15 is 0 Å². The molecule has 1 aromatic carbocycles. The summed E-state index contributed by atoms with van der Waals surface area (Å²) in [6, 6.07) is 6.68. The largest absolute Gasteiger partial charge is 0.372 e. The topological polar surface area (TPSA) is 36.4 Å². The van der Waals surface area contributed by atoms with E-state index in [-0.39, 0.29) is 0 Å². The molecule has 16 heavy (non-hydrogen) atoms. The third-order valence-electron chi connectivity index (χ3n) is 2.96. The van der Waals surface area contributed by atoms with Crippen LogP contribution in [0.25, 0.3) is 0 Å². The second-order valence-corrected chi connectivity index (χ2v) is 4.14. The van der Waals surface area contributed by atoms with E-state index in [2.05, 4.69) is 40.5 Å². The van der Waals surface area contributed by atoms with Gasteiger partial charge in [-0.1, -0.05) is 6.07 Å². The number of nitrogens with zero attached hydrogens (tertiary/aromatic N) is 1. The Kier molecular flexibility index (Phi) is 3.94. The highest BCUT2D eigenvalue weighted by atomic mass is 15.1. The zero-order valence-electron chi connectivity index (χ0n) is 9.63. The highest BCUT2D eigenvalue weighted by Crippen LogP contribution is 2.24. The molecule has 0 spiro atoms. The second kappa shape index (κ2) is 5.66. The van der Waals surface area contributed by atoms with Gasteiger partial charge in [-0.15, -0.1) is 0 Å². The van der Waals surface area contributed by atoms with Gasteiger partial charge in [-0.25, -0.2) is 0 Å². The minimum absolute atomic E-state index is 0.770. The smallest absolute Gasteiger partial charge is 0.0653 e. The second-order valence-electron chi connectivity index (χ2n) is 4.14. The van der Waals surface area contributed by atoms with Crippen LogP contribution in [0.15, 0.2) is 23.2 Å². The predicted octanol–water partition coefficient (Wildman–Crippen LogP) is 1.83. The Hall–Kier alpha value is -1.35. The molecule has 86 valence electrons. The molecule has 2 N–H and O–H groups in total. The van der Waals surface area contributed by atoms with Crippen LogP contribution in [0.5, 0.6) is 0 Å². The molecule has 1 aliphatic carbocycles. The van der Waals surface area contributed by atoms with E-state index < -0.39 is 0 Å². The van der Waals surface area contributed by atoms with E-state index in [0.29, 0.717) is 0 Å². The Morgan fingerprint density at radius 1 is 1.25 bits per heavy atom. The quantitative estimate of drug-likeness (QED) is 0.433. The summed E-state index contributed by atoms with van der Waals surface area (Å²) in [6.07, 6.45) is 3.79. The summed E-state index contributed by atoms with van der Waals surface area (Å²) in [4.78, 5) is 3.79. The Labute approximate surface area is 97.0 Å². The number of rotatable bonds is 6. The van der Waals surface area contributed by atoms with Crippen LogP contribution in [0.4, 0.5) is 5.69 Å². The number of aliphatic imine (C=N–C) groups is 1. The molecule has 2 rings (SSSR count). The van der Waals surface area contributed by atoms with E-state index in [1.165, 1.54) is 36.1 Å². The molecule has 1 aromatic rings. The maximum absolute atomic E-state index is 3.79. The lowest BCUT2D eigenvalue weighted by atomic mass is 10.1. The third kappa shape index (κ3) is 2.83. The van der Waals surface area contributed by atoms with Gasteiger partial charge in [-0.2, -0.15) is 0 Å². The Balaban J connectivity index is 1.79. The van der Waals surface area contributed by atoms with Gasteiger partial charge in [0.15, 0.2) is 0 Å². The number of nitrogens with one attached hydrogen (secondary N) is 2. The van der Waals surface area contributed by atoms with Crippen LogP contribution in [0.1, 0.15) is 17.5 Å². The Morgan fingerprint density at radius 3 is 3.00 bits per heavy atom.